The number of fused-ring (bicyclic) bond motifs is 1. The van der Waals surface area contributed by atoms with Gasteiger partial charge in [0.1, 0.15) is 11.4 Å². The van der Waals surface area contributed by atoms with E-state index >= 15 is 0 Å². The van der Waals surface area contributed by atoms with Gasteiger partial charge in [-0.3, -0.25) is 9.69 Å². The Morgan fingerprint density at radius 1 is 1.27 bits per heavy atom. The molecule has 4 aliphatic rings. The lowest BCUT2D eigenvalue weighted by molar-refractivity contribution is 0.0904. The van der Waals surface area contributed by atoms with E-state index in [2.05, 4.69) is 15.2 Å². The van der Waals surface area contributed by atoms with Crippen molar-refractivity contribution >= 4 is 35.1 Å². The molecule has 1 aliphatic carbocycles. The molecule has 0 atom stereocenters. The van der Waals surface area contributed by atoms with E-state index in [0.29, 0.717) is 29.4 Å². The second-order valence-corrected chi connectivity index (χ2v) is 10.8. The number of likely N-dealkylation sites (tertiary alicyclic amines) is 1. The average molecular weight is 532 g/mol. The highest BCUT2D eigenvalue weighted by molar-refractivity contribution is 6.35. The van der Waals surface area contributed by atoms with Crippen molar-refractivity contribution in [2.45, 2.75) is 69.5 Å². The second-order valence-electron chi connectivity index (χ2n) is 10.4. The Bertz CT molecular complexity index is 1080. The SMILES string of the molecule is COCCCN1CCC(NC(=O)c2cc(Cl)c(N3C(N)=NC(N)=NC34CCCCC4)c3c2OCC3)CC1. The average Bonchev–Trinajstić information content (AvgIpc) is 3.36. The quantitative estimate of drug-likeness (QED) is 0.461. The molecule has 1 aromatic rings. The number of nitrogens with zero attached hydrogens (tertiary/aromatic N) is 4. The third kappa shape index (κ3) is 5.24. The molecule has 0 aromatic heterocycles. The summed E-state index contributed by atoms with van der Waals surface area (Å²) in [6.07, 6.45) is 8.27. The third-order valence-electron chi connectivity index (χ3n) is 7.97. The summed E-state index contributed by atoms with van der Waals surface area (Å²) in [6, 6.07) is 1.83. The van der Waals surface area contributed by atoms with Crippen molar-refractivity contribution in [1.82, 2.24) is 10.2 Å². The van der Waals surface area contributed by atoms with E-state index in [1.807, 2.05) is 4.90 Å². The van der Waals surface area contributed by atoms with E-state index in [9.17, 15) is 4.79 Å². The first-order valence-corrected chi connectivity index (χ1v) is 13.8. The van der Waals surface area contributed by atoms with Crippen LogP contribution in [0.5, 0.6) is 5.75 Å². The van der Waals surface area contributed by atoms with Gasteiger partial charge < -0.3 is 31.2 Å². The van der Waals surface area contributed by atoms with Crippen LogP contribution in [0.1, 0.15) is 67.3 Å². The standard InChI is InChI=1S/C26H38ClN7O3/c1-36-14-5-11-33-12-6-17(7-13-33)30-23(35)19-16-20(27)21(18-8-15-37-22(18)19)34-25(29)31-24(28)32-26(34)9-3-2-4-10-26/h16-17H,2-15H2,1H3,(H,30,35)(H4,28,29,31,32). The fourth-order valence-electron chi connectivity index (χ4n) is 6.18. The molecule has 0 unspecified atom stereocenters. The Balaban J connectivity index is 1.37. The van der Waals surface area contributed by atoms with Gasteiger partial charge in [-0.05, 0) is 51.0 Å². The molecule has 1 saturated heterocycles. The number of rotatable bonds is 7. The predicted octanol–water partition coefficient (Wildman–Crippen LogP) is 2.62. The number of hydrogen-bond acceptors (Lipinski definition) is 9. The fraction of sp³-hybridized carbons (Fsp3) is 0.654. The number of nitrogens with one attached hydrogen (secondary N) is 1. The number of aliphatic imine (C=N–C) groups is 2. The van der Waals surface area contributed by atoms with Crippen LogP contribution in [0.4, 0.5) is 5.69 Å². The van der Waals surface area contributed by atoms with Gasteiger partial charge in [0.2, 0.25) is 11.9 Å². The van der Waals surface area contributed by atoms with Crippen molar-refractivity contribution in [2.75, 3.05) is 44.9 Å². The summed E-state index contributed by atoms with van der Waals surface area (Å²) in [4.78, 5) is 26.9. The molecule has 202 valence electrons. The van der Waals surface area contributed by atoms with Crippen LogP contribution < -0.4 is 26.4 Å². The van der Waals surface area contributed by atoms with Crippen LogP contribution in [0.2, 0.25) is 5.02 Å². The van der Waals surface area contributed by atoms with Crippen molar-refractivity contribution in [3.05, 3.63) is 22.2 Å². The number of nitrogens with two attached hydrogens (primary N) is 2. The molecule has 0 bridgehead atoms. The summed E-state index contributed by atoms with van der Waals surface area (Å²) in [5, 5.41) is 3.67. The highest BCUT2D eigenvalue weighted by Crippen LogP contribution is 2.48. The zero-order valence-electron chi connectivity index (χ0n) is 21.6. The molecule has 0 radical (unpaired) electrons. The number of guanidine groups is 2. The van der Waals surface area contributed by atoms with Crippen LogP contribution in [0.25, 0.3) is 0 Å². The first kappa shape index (κ1) is 26.1. The maximum absolute atomic E-state index is 13.4. The zero-order valence-corrected chi connectivity index (χ0v) is 22.4. The van der Waals surface area contributed by atoms with E-state index in [1.54, 1.807) is 13.2 Å². The lowest BCUT2D eigenvalue weighted by Crippen LogP contribution is -2.58. The Morgan fingerprint density at radius 3 is 2.76 bits per heavy atom. The largest absolute Gasteiger partial charge is 0.492 e. The number of halogens is 1. The van der Waals surface area contributed by atoms with Gasteiger partial charge in [0.05, 0.1) is 22.9 Å². The Labute approximate surface area is 223 Å². The number of carbonyl (C=O) groups is 1. The normalized spacial score (nSPS) is 21.8. The van der Waals surface area contributed by atoms with Gasteiger partial charge in [0, 0.05) is 51.4 Å². The Morgan fingerprint density at radius 2 is 2.03 bits per heavy atom. The smallest absolute Gasteiger partial charge is 0.255 e. The summed E-state index contributed by atoms with van der Waals surface area (Å²) < 4.78 is 11.2. The summed E-state index contributed by atoms with van der Waals surface area (Å²) in [7, 11) is 1.73. The van der Waals surface area contributed by atoms with Crippen LogP contribution in [-0.2, 0) is 11.2 Å². The number of piperidine rings is 1. The van der Waals surface area contributed by atoms with Crippen molar-refractivity contribution in [3.63, 3.8) is 0 Å². The topological polar surface area (TPSA) is 131 Å². The van der Waals surface area contributed by atoms with E-state index in [-0.39, 0.29) is 23.9 Å². The maximum atomic E-state index is 13.4. The molecule has 3 heterocycles. The highest BCUT2D eigenvalue weighted by Gasteiger charge is 2.45. The van der Waals surface area contributed by atoms with E-state index in [4.69, 9.17) is 37.5 Å². The van der Waals surface area contributed by atoms with E-state index in [1.165, 1.54) is 0 Å². The van der Waals surface area contributed by atoms with Crippen LogP contribution >= 0.6 is 11.6 Å². The van der Waals surface area contributed by atoms with Gasteiger partial charge in [-0.2, -0.15) is 4.99 Å². The van der Waals surface area contributed by atoms with Crippen molar-refractivity contribution in [3.8, 4) is 5.75 Å². The number of methoxy groups -OCH3 is 1. The molecule has 1 spiro atoms. The van der Waals surface area contributed by atoms with E-state index in [0.717, 1.165) is 88.9 Å². The van der Waals surface area contributed by atoms with Gasteiger partial charge in [-0.15, -0.1) is 0 Å². The van der Waals surface area contributed by atoms with Crippen LogP contribution in [0, 0.1) is 0 Å². The molecular formula is C26H38ClN7O3. The zero-order chi connectivity index (χ0) is 26.0. The van der Waals surface area contributed by atoms with Crippen LogP contribution in [-0.4, -0.2) is 74.4 Å². The predicted molar refractivity (Wildman–Crippen MR) is 146 cm³/mol. The molecule has 5 rings (SSSR count). The van der Waals surface area contributed by atoms with Gasteiger partial charge >= 0.3 is 0 Å². The number of ether oxygens (including phenoxy) is 2. The van der Waals surface area contributed by atoms with Crippen molar-refractivity contribution in [2.24, 2.45) is 21.5 Å². The number of hydrogen-bond donors (Lipinski definition) is 3. The lowest BCUT2D eigenvalue weighted by atomic mass is 9.86. The molecule has 11 heteroatoms. The molecule has 3 aliphatic heterocycles. The summed E-state index contributed by atoms with van der Waals surface area (Å²) in [6.45, 7) is 4.19. The minimum Gasteiger partial charge on any atom is -0.492 e. The Hall–Kier alpha value is -2.56. The number of anilines is 1. The number of carbonyl (C=O) groups excluding carboxylic acids is 1. The highest BCUT2D eigenvalue weighted by atomic mass is 35.5. The minimum absolute atomic E-state index is 0.120. The van der Waals surface area contributed by atoms with Crippen LogP contribution in [0.3, 0.4) is 0 Å². The molecule has 5 N–H and O–H groups in total. The molecule has 1 aromatic carbocycles. The van der Waals surface area contributed by atoms with Gasteiger partial charge in [0.25, 0.3) is 5.91 Å². The first-order valence-electron chi connectivity index (χ1n) is 13.4. The molecular weight excluding hydrogens is 494 g/mol. The van der Waals surface area contributed by atoms with Gasteiger partial charge in [-0.1, -0.05) is 18.0 Å². The van der Waals surface area contributed by atoms with Crippen molar-refractivity contribution in [1.29, 1.82) is 0 Å². The molecule has 1 amide bonds. The monoisotopic (exact) mass is 531 g/mol. The minimum atomic E-state index is -0.616. The molecule has 10 nitrogen and oxygen atoms in total. The van der Waals surface area contributed by atoms with Gasteiger partial charge in [0.15, 0.2) is 0 Å². The lowest BCUT2D eigenvalue weighted by Gasteiger charge is -2.46. The third-order valence-corrected chi connectivity index (χ3v) is 8.25. The van der Waals surface area contributed by atoms with E-state index < -0.39 is 5.66 Å². The van der Waals surface area contributed by atoms with Crippen LogP contribution in [0.15, 0.2) is 16.1 Å². The summed E-state index contributed by atoms with van der Waals surface area (Å²) in [5.74, 6) is 0.898. The number of benzene rings is 1. The summed E-state index contributed by atoms with van der Waals surface area (Å²) >= 11 is 6.93. The van der Waals surface area contributed by atoms with Gasteiger partial charge in [-0.25, -0.2) is 4.99 Å². The summed E-state index contributed by atoms with van der Waals surface area (Å²) in [5.41, 5.74) is 14.0. The Kier molecular flexibility index (Phi) is 7.78. The fourth-order valence-corrected chi connectivity index (χ4v) is 6.49. The molecule has 2 fully saturated rings. The maximum Gasteiger partial charge on any atom is 0.255 e. The first-order chi connectivity index (χ1) is 17.9. The molecule has 37 heavy (non-hydrogen) atoms. The second kappa shape index (κ2) is 11.0. The van der Waals surface area contributed by atoms with Crippen molar-refractivity contribution < 1.29 is 14.3 Å². The molecule has 1 saturated carbocycles. The number of amides is 1.